The maximum Gasteiger partial charge on any atom is 0.673 e. The summed E-state index contributed by atoms with van der Waals surface area (Å²) in [5.41, 5.74) is 4.43. The fraction of sp³-hybridized carbons (Fsp3) is 1.00. The predicted molar refractivity (Wildman–Crippen MR) is 65.1 cm³/mol. The molecule has 0 radical (unpaired) electrons. The maximum atomic E-state index is 9.75. The number of halogens is 4. The van der Waals surface area contributed by atoms with Crippen LogP contribution in [0.3, 0.4) is 0 Å². The summed E-state index contributed by atoms with van der Waals surface area (Å²) in [7, 11) is -6.00. The van der Waals surface area contributed by atoms with Crippen molar-refractivity contribution >= 4 is 7.25 Å². The highest BCUT2D eigenvalue weighted by molar-refractivity contribution is 6.50. The normalized spacial score (nSPS) is 13.9. The molecule has 1 atom stereocenters. The summed E-state index contributed by atoms with van der Waals surface area (Å²) in [6.07, 6.45) is 6.85. The summed E-state index contributed by atoms with van der Waals surface area (Å²) in [6, 6.07) is 0. The number of hydrogen-bond acceptors (Lipinski definition) is 0. The van der Waals surface area contributed by atoms with Gasteiger partial charge in [0.05, 0.1) is 5.54 Å². The molecule has 3 N–H and O–H groups in total. The van der Waals surface area contributed by atoms with Crippen molar-refractivity contribution in [1.29, 1.82) is 0 Å². The van der Waals surface area contributed by atoms with Crippen molar-refractivity contribution in [3.05, 3.63) is 0 Å². The van der Waals surface area contributed by atoms with Crippen LogP contribution in [0.2, 0.25) is 0 Å². The van der Waals surface area contributed by atoms with Gasteiger partial charge in [0.15, 0.2) is 0 Å². The Hall–Kier alpha value is -0.255. The molecule has 0 spiro atoms. The first-order valence-corrected chi connectivity index (χ1v) is 6.21. The Morgan fingerprint density at radius 2 is 1.47 bits per heavy atom. The van der Waals surface area contributed by atoms with Gasteiger partial charge in [-0.3, -0.25) is 0 Å². The molecule has 17 heavy (non-hydrogen) atoms. The van der Waals surface area contributed by atoms with E-state index in [-0.39, 0.29) is 5.54 Å². The zero-order valence-electron chi connectivity index (χ0n) is 11.4. The van der Waals surface area contributed by atoms with Crippen molar-refractivity contribution < 1.29 is 23.0 Å². The molecule has 0 saturated carbocycles. The van der Waals surface area contributed by atoms with Gasteiger partial charge >= 0.3 is 7.25 Å². The van der Waals surface area contributed by atoms with Gasteiger partial charge in [0, 0.05) is 5.92 Å². The average Bonchev–Trinajstić information content (AvgIpc) is 2.07. The molecule has 1 unspecified atom stereocenters. The first kappa shape index (κ1) is 19.1. The third-order valence-corrected chi connectivity index (χ3v) is 2.82. The predicted octanol–water partition coefficient (Wildman–Crippen LogP) is 3.91. The molecule has 0 saturated heterocycles. The van der Waals surface area contributed by atoms with E-state index in [1.54, 1.807) is 0 Å². The smallest absolute Gasteiger partial charge is 0.418 e. The number of rotatable bonds is 6. The molecule has 0 aliphatic rings. The zero-order valence-corrected chi connectivity index (χ0v) is 11.4. The average molecular weight is 259 g/mol. The van der Waals surface area contributed by atoms with Crippen molar-refractivity contribution in [1.82, 2.24) is 0 Å². The number of unbranched alkanes of at least 4 members (excludes halogenated alkanes) is 3. The van der Waals surface area contributed by atoms with Gasteiger partial charge in [-0.2, -0.15) is 0 Å². The van der Waals surface area contributed by atoms with Crippen molar-refractivity contribution in [2.45, 2.75) is 65.3 Å². The molecule has 0 heterocycles. The van der Waals surface area contributed by atoms with E-state index in [1.165, 1.54) is 32.1 Å². The van der Waals surface area contributed by atoms with Crippen LogP contribution in [0.5, 0.6) is 0 Å². The van der Waals surface area contributed by atoms with Crippen molar-refractivity contribution in [3.8, 4) is 0 Å². The van der Waals surface area contributed by atoms with Crippen molar-refractivity contribution in [3.63, 3.8) is 0 Å². The van der Waals surface area contributed by atoms with E-state index in [0.717, 1.165) is 5.92 Å². The molecular formula is C11H26BF4N. The lowest BCUT2D eigenvalue weighted by Crippen LogP contribution is -2.72. The lowest BCUT2D eigenvalue weighted by Gasteiger charge is -2.23. The minimum atomic E-state index is -6.00. The number of hydrogen-bond donors (Lipinski definition) is 1. The standard InChI is InChI=1S/C11H25N.BF4/c1-5-6-7-8-9-10(2)11(3,4)12;2-1(3,4)5/h10H,5-9,12H2,1-4H3;/q;-1/p+1. The van der Waals surface area contributed by atoms with E-state index >= 15 is 0 Å². The van der Waals surface area contributed by atoms with Gasteiger partial charge in [-0.25, -0.2) is 0 Å². The number of quaternary nitrogens is 1. The Balaban J connectivity index is 0. The van der Waals surface area contributed by atoms with Crippen LogP contribution in [0.15, 0.2) is 0 Å². The van der Waals surface area contributed by atoms with Crippen LogP contribution in [-0.4, -0.2) is 12.8 Å². The van der Waals surface area contributed by atoms with Crippen molar-refractivity contribution in [2.75, 3.05) is 0 Å². The molecule has 0 aromatic heterocycles. The molecule has 0 aliphatic carbocycles. The minimum Gasteiger partial charge on any atom is -0.418 e. The topological polar surface area (TPSA) is 27.6 Å². The Morgan fingerprint density at radius 3 is 1.76 bits per heavy atom. The summed E-state index contributed by atoms with van der Waals surface area (Å²) in [5.74, 6) is 0.759. The van der Waals surface area contributed by atoms with E-state index < -0.39 is 7.25 Å². The van der Waals surface area contributed by atoms with Crippen LogP contribution in [-0.2, 0) is 0 Å². The van der Waals surface area contributed by atoms with Crippen LogP contribution in [0.4, 0.5) is 17.3 Å². The van der Waals surface area contributed by atoms with Crippen molar-refractivity contribution in [2.24, 2.45) is 5.92 Å². The Labute approximate surface area is 102 Å². The second-order valence-electron chi connectivity index (χ2n) is 5.23. The van der Waals surface area contributed by atoms with Gasteiger partial charge in [0.25, 0.3) is 0 Å². The van der Waals surface area contributed by atoms with Gasteiger partial charge in [0.1, 0.15) is 0 Å². The second kappa shape index (κ2) is 8.78. The lowest BCUT2D eigenvalue weighted by atomic mass is 9.86. The van der Waals surface area contributed by atoms with Gasteiger partial charge in [-0.15, -0.1) is 0 Å². The molecule has 0 rings (SSSR count). The van der Waals surface area contributed by atoms with Gasteiger partial charge < -0.3 is 23.0 Å². The molecule has 0 bridgehead atoms. The SMILES string of the molecule is CCCCCCC(C)C(C)(C)[NH3+].F[B-](F)(F)F. The van der Waals surface area contributed by atoms with Crippen LogP contribution in [0, 0.1) is 5.92 Å². The highest BCUT2D eigenvalue weighted by Gasteiger charge is 2.23. The highest BCUT2D eigenvalue weighted by Crippen LogP contribution is 2.18. The summed E-state index contributed by atoms with van der Waals surface area (Å²) in [5, 5.41) is 0. The molecule has 0 aliphatic heterocycles. The van der Waals surface area contributed by atoms with Crippen LogP contribution in [0.25, 0.3) is 0 Å². The molecular weight excluding hydrogens is 233 g/mol. The summed E-state index contributed by atoms with van der Waals surface area (Å²) in [6.45, 7) is 9.04. The van der Waals surface area contributed by atoms with Crippen LogP contribution in [0.1, 0.15) is 59.8 Å². The third-order valence-electron chi connectivity index (χ3n) is 2.82. The summed E-state index contributed by atoms with van der Waals surface area (Å²) in [4.78, 5) is 0. The van der Waals surface area contributed by atoms with Gasteiger partial charge in [-0.1, -0.05) is 39.5 Å². The molecule has 6 heteroatoms. The molecule has 1 nitrogen and oxygen atoms in total. The molecule has 106 valence electrons. The Kier molecular flexibility index (Phi) is 9.86. The minimum absolute atomic E-state index is 0.256. The van der Waals surface area contributed by atoms with Crippen LogP contribution < -0.4 is 5.73 Å². The third kappa shape index (κ3) is 21.6. The first-order valence-electron chi connectivity index (χ1n) is 6.21. The fourth-order valence-corrected chi connectivity index (χ4v) is 1.27. The summed E-state index contributed by atoms with van der Waals surface area (Å²) >= 11 is 0. The zero-order chi connectivity index (χ0) is 14.1. The highest BCUT2D eigenvalue weighted by atomic mass is 19.5. The van der Waals surface area contributed by atoms with Gasteiger partial charge in [-0.05, 0) is 20.3 Å². The van der Waals surface area contributed by atoms with E-state index in [9.17, 15) is 17.3 Å². The maximum absolute atomic E-state index is 9.75. The molecule has 0 aromatic rings. The Bertz CT molecular complexity index is 171. The van der Waals surface area contributed by atoms with E-state index in [0.29, 0.717) is 0 Å². The lowest BCUT2D eigenvalue weighted by molar-refractivity contribution is -0.479. The molecule has 0 aromatic carbocycles. The van der Waals surface area contributed by atoms with E-state index in [4.69, 9.17) is 0 Å². The monoisotopic (exact) mass is 259 g/mol. The van der Waals surface area contributed by atoms with Crippen LogP contribution >= 0.6 is 0 Å². The van der Waals surface area contributed by atoms with E-state index in [2.05, 4.69) is 33.4 Å². The van der Waals surface area contributed by atoms with Gasteiger partial charge in [0.2, 0.25) is 0 Å². The quantitative estimate of drug-likeness (QED) is 0.425. The largest absolute Gasteiger partial charge is 0.673 e. The first-order chi connectivity index (χ1) is 7.48. The molecule has 0 amide bonds. The summed E-state index contributed by atoms with van der Waals surface area (Å²) < 4.78 is 39.0. The molecule has 0 fully saturated rings. The van der Waals surface area contributed by atoms with E-state index in [1.807, 2.05) is 0 Å². The Morgan fingerprint density at radius 1 is 1.06 bits per heavy atom. The second-order valence-corrected chi connectivity index (χ2v) is 5.23. The fourth-order valence-electron chi connectivity index (χ4n) is 1.27.